The van der Waals surface area contributed by atoms with Crippen molar-refractivity contribution in [2.75, 3.05) is 20.3 Å². The van der Waals surface area contributed by atoms with E-state index >= 15 is 0 Å². The molecule has 0 bridgehead atoms. The average Bonchev–Trinajstić information content (AvgIpc) is 2.57. The van der Waals surface area contributed by atoms with Gasteiger partial charge >= 0.3 is 6.03 Å². The molecule has 1 aliphatic heterocycles. The molecule has 0 radical (unpaired) electrons. The van der Waals surface area contributed by atoms with Crippen molar-refractivity contribution >= 4 is 11.9 Å². The van der Waals surface area contributed by atoms with Crippen LogP contribution in [0.15, 0.2) is 4.99 Å². The predicted molar refractivity (Wildman–Crippen MR) is 84.4 cm³/mol. The SMILES string of the molecule is COCCN1C(=O)N=C(N)C12CCCC(C(C)(C)C)CC2. The Bertz CT molecular complexity index is 428. The molecule has 2 aliphatic rings. The van der Waals surface area contributed by atoms with Crippen LogP contribution in [0.3, 0.4) is 0 Å². The van der Waals surface area contributed by atoms with Crippen LogP contribution < -0.4 is 5.73 Å². The maximum Gasteiger partial charge on any atom is 0.346 e. The minimum Gasteiger partial charge on any atom is -0.385 e. The smallest absolute Gasteiger partial charge is 0.346 e. The molecule has 2 atom stereocenters. The van der Waals surface area contributed by atoms with Gasteiger partial charge in [-0.1, -0.05) is 27.2 Å². The molecule has 1 saturated carbocycles. The topological polar surface area (TPSA) is 67.9 Å². The molecule has 0 aromatic rings. The minimum absolute atomic E-state index is 0.196. The summed E-state index contributed by atoms with van der Waals surface area (Å²) in [6.45, 7) is 8.00. The molecular weight excluding hydrogens is 266 g/mol. The van der Waals surface area contributed by atoms with Crippen molar-refractivity contribution < 1.29 is 9.53 Å². The molecule has 5 nitrogen and oxygen atoms in total. The molecule has 0 aromatic carbocycles. The van der Waals surface area contributed by atoms with Gasteiger partial charge in [-0.05, 0) is 37.0 Å². The van der Waals surface area contributed by atoms with E-state index in [1.54, 1.807) is 7.11 Å². The van der Waals surface area contributed by atoms with E-state index in [2.05, 4.69) is 25.8 Å². The fraction of sp³-hybridized carbons (Fsp3) is 0.875. The zero-order valence-corrected chi connectivity index (χ0v) is 13.8. The summed E-state index contributed by atoms with van der Waals surface area (Å²) < 4.78 is 5.14. The normalized spacial score (nSPS) is 30.7. The summed E-state index contributed by atoms with van der Waals surface area (Å²) in [4.78, 5) is 18.1. The van der Waals surface area contributed by atoms with E-state index in [4.69, 9.17) is 10.5 Å². The van der Waals surface area contributed by atoms with Gasteiger partial charge in [-0.25, -0.2) is 4.79 Å². The first-order chi connectivity index (χ1) is 9.81. The summed E-state index contributed by atoms with van der Waals surface area (Å²) in [5.74, 6) is 1.18. The van der Waals surface area contributed by atoms with Crippen molar-refractivity contribution in [3.05, 3.63) is 0 Å². The number of rotatable bonds is 3. The van der Waals surface area contributed by atoms with E-state index in [9.17, 15) is 4.79 Å². The van der Waals surface area contributed by atoms with Crippen LogP contribution in [0.5, 0.6) is 0 Å². The van der Waals surface area contributed by atoms with Gasteiger partial charge < -0.3 is 15.4 Å². The zero-order valence-electron chi connectivity index (χ0n) is 13.8. The number of urea groups is 1. The number of carbonyl (C=O) groups is 1. The summed E-state index contributed by atoms with van der Waals surface area (Å²) >= 11 is 0. The van der Waals surface area contributed by atoms with Gasteiger partial charge in [-0.2, -0.15) is 4.99 Å². The molecule has 1 aliphatic carbocycles. The van der Waals surface area contributed by atoms with E-state index < -0.39 is 0 Å². The van der Waals surface area contributed by atoms with Crippen LogP contribution in [-0.4, -0.2) is 42.6 Å². The fourth-order valence-electron chi connectivity index (χ4n) is 3.80. The standard InChI is InChI=1S/C16H29N3O2/c1-15(2,3)12-6-5-8-16(9-7-12)13(17)18-14(20)19(16)10-11-21-4/h12H,5-11H2,1-4H3,(H2,17,18,20). The summed E-state index contributed by atoms with van der Waals surface area (Å²) in [6, 6.07) is -0.196. The quantitative estimate of drug-likeness (QED) is 0.870. The Balaban J connectivity index is 2.19. The van der Waals surface area contributed by atoms with Gasteiger partial charge in [0, 0.05) is 13.7 Å². The van der Waals surface area contributed by atoms with Crippen LogP contribution >= 0.6 is 0 Å². The van der Waals surface area contributed by atoms with Crippen molar-refractivity contribution in [1.29, 1.82) is 0 Å². The zero-order chi connectivity index (χ0) is 15.7. The first kappa shape index (κ1) is 16.3. The number of amides is 2. The Morgan fingerprint density at radius 3 is 2.71 bits per heavy atom. The molecular formula is C16H29N3O2. The van der Waals surface area contributed by atoms with E-state index in [0.29, 0.717) is 30.3 Å². The molecule has 2 rings (SSSR count). The molecule has 1 fully saturated rings. The largest absolute Gasteiger partial charge is 0.385 e. The lowest BCUT2D eigenvalue weighted by atomic mass is 9.76. The Hall–Kier alpha value is -1.10. The minimum atomic E-state index is -0.365. The number of ether oxygens (including phenoxy) is 1. The Morgan fingerprint density at radius 1 is 1.38 bits per heavy atom. The molecule has 0 saturated heterocycles. The van der Waals surface area contributed by atoms with Crippen LogP contribution in [0.2, 0.25) is 0 Å². The molecule has 1 heterocycles. The van der Waals surface area contributed by atoms with Gasteiger partial charge in [0.25, 0.3) is 0 Å². The van der Waals surface area contributed by atoms with E-state index in [0.717, 1.165) is 25.7 Å². The fourth-order valence-corrected chi connectivity index (χ4v) is 3.80. The highest BCUT2D eigenvalue weighted by atomic mass is 16.5. The van der Waals surface area contributed by atoms with Gasteiger partial charge in [0.15, 0.2) is 0 Å². The highest BCUT2D eigenvalue weighted by Crippen LogP contribution is 2.43. The van der Waals surface area contributed by atoms with Crippen molar-refractivity contribution in [3.8, 4) is 0 Å². The summed E-state index contributed by atoms with van der Waals surface area (Å²) in [5.41, 5.74) is 6.11. The lowest BCUT2D eigenvalue weighted by molar-refractivity contribution is 0.113. The van der Waals surface area contributed by atoms with Gasteiger partial charge in [0.2, 0.25) is 0 Å². The third-order valence-electron chi connectivity index (χ3n) is 5.23. The first-order valence-corrected chi connectivity index (χ1v) is 7.96. The number of carbonyl (C=O) groups excluding carboxylic acids is 1. The number of methoxy groups -OCH3 is 1. The molecule has 1 spiro atoms. The summed E-state index contributed by atoms with van der Waals surface area (Å²) in [7, 11) is 1.65. The summed E-state index contributed by atoms with van der Waals surface area (Å²) in [6.07, 6.45) is 5.22. The van der Waals surface area contributed by atoms with Crippen LogP contribution in [0.25, 0.3) is 0 Å². The molecule has 5 heteroatoms. The second-order valence-electron chi connectivity index (χ2n) is 7.45. The lowest BCUT2D eigenvalue weighted by Crippen LogP contribution is -2.54. The molecule has 2 unspecified atom stereocenters. The monoisotopic (exact) mass is 295 g/mol. The molecule has 0 aromatic heterocycles. The number of nitrogens with zero attached hydrogens (tertiary/aromatic N) is 2. The number of nitrogens with two attached hydrogens (primary N) is 1. The number of aliphatic imine (C=N–C) groups is 1. The van der Waals surface area contributed by atoms with Crippen molar-refractivity contribution in [1.82, 2.24) is 4.90 Å². The Kier molecular flexibility index (Phi) is 4.61. The number of hydrogen-bond donors (Lipinski definition) is 1. The van der Waals surface area contributed by atoms with Crippen LogP contribution in [0.1, 0.15) is 52.9 Å². The highest BCUT2D eigenvalue weighted by molar-refractivity contribution is 6.05. The third kappa shape index (κ3) is 3.07. The van der Waals surface area contributed by atoms with Crippen molar-refractivity contribution in [3.63, 3.8) is 0 Å². The van der Waals surface area contributed by atoms with Gasteiger partial charge in [0.1, 0.15) is 11.4 Å². The maximum atomic E-state index is 12.2. The van der Waals surface area contributed by atoms with Crippen LogP contribution in [-0.2, 0) is 4.74 Å². The Morgan fingerprint density at radius 2 is 2.10 bits per heavy atom. The second-order valence-corrected chi connectivity index (χ2v) is 7.45. The lowest BCUT2D eigenvalue weighted by Gasteiger charge is -2.38. The average molecular weight is 295 g/mol. The van der Waals surface area contributed by atoms with Crippen LogP contribution in [0, 0.1) is 11.3 Å². The predicted octanol–water partition coefficient (Wildman–Crippen LogP) is 2.79. The third-order valence-corrected chi connectivity index (χ3v) is 5.23. The van der Waals surface area contributed by atoms with Crippen LogP contribution in [0.4, 0.5) is 4.79 Å². The molecule has 2 amide bonds. The molecule has 120 valence electrons. The Labute approximate surface area is 127 Å². The summed E-state index contributed by atoms with van der Waals surface area (Å²) in [5, 5.41) is 0. The molecule has 21 heavy (non-hydrogen) atoms. The van der Waals surface area contributed by atoms with Gasteiger partial charge in [-0.15, -0.1) is 0 Å². The van der Waals surface area contributed by atoms with Gasteiger partial charge in [-0.3, -0.25) is 0 Å². The number of hydrogen-bond acceptors (Lipinski definition) is 3. The van der Waals surface area contributed by atoms with E-state index in [1.807, 2.05) is 4.90 Å². The van der Waals surface area contributed by atoms with E-state index in [1.165, 1.54) is 6.42 Å². The second kappa shape index (κ2) is 5.95. The van der Waals surface area contributed by atoms with Crippen molar-refractivity contribution in [2.24, 2.45) is 22.1 Å². The van der Waals surface area contributed by atoms with Crippen molar-refractivity contribution in [2.45, 2.75) is 58.4 Å². The van der Waals surface area contributed by atoms with E-state index in [-0.39, 0.29) is 11.6 Å². The first-order valence-electron chi connectivity index (χ1n) is 7.96. The highest BCUT2D eigenvalue weighted by Gasteiger charge is 2.49. The number of amidine groups is 1. The van der Waals surface area contributed by atoms with Gasteiger partial charge in [0.05, 0.1) is 6.61 Å². The molecule has 2 N–H and O–H groups in total. The maximum absolute atomic E-state index is 12.2.